The van der Waals surface area contributed by atoms with Crippen LogP contribution in [0.4, 0.5) is 27.6 Å². The number of aromatic nitrogens is 2. The molecule has 3 N–H and O–H groups in total. The highest BCUT2D eigenvalue weighted by Gasteiger charge is 2.37. The molecular weight excluding hydrogens is 411 g/mol. The van der Waals surface area contributed by atoms with E-state index < -0.39 is 52.8 Å². The van der Waals surface area contributed by atoms with E-state index in [2.05, 4.69) is 0 Å². The van der Waals surface area contributed by atoms with Crippen LogP contribution in [0.15, 0.2) is 9.59 Å². The van der Waals surface area contributed by atoms with Crippen molar-refractivity contribution in [1.82, 2.24) is 9.55 Å². The normalized spacial score (nSPS) is 20.7. The Bertz CT molecular complexity index is 1110. The molecule has 2 aromatic rings. The second kappa shape index (κ2) is 7.36. The van der Waals surface area contributed by atoms with Gasteiger partial charge in [-0.3, -0.25) is 14.3 Å². The quantitative estimate of drug-likeness (QED) is 0.712. The minimum Gasteiger partial charge on any atom is -0.369 e. The number of nitrogens with zero attached hydrogens (tertiary/aromatic N) is 2. The van der Waals surface area contributed by atoms with Gasteiger partial charge in [0, 0.05) is 24.7 Å². The van der Waals surface area contributed by atoms with Crippen LogP contribution in [0.25, 0.3) is 10.9 Å². The maximum Gasteiger partial charge on any atom is 0.329 e. The van der Waals surface area contributed by atoms with Crippen molar-refractivity contribution in [3.63, 3.8) is 0 Å². The van der Waals surface area contributed by atoms with Gasteiger partial charge >= 0.3 is 5.69 Å². The van der Waals surface area contributed by atoms with Crippen molar-refractivity contribution in [3.8, 4) is 0 Å². The van der Waals surface area contributed by atoms with Gasteiger partial charge in [-0.15, -0.1) is 0 Å². The Labute approximate surface area is 167 Å². The molecule has 0 amide bonds. The molecule has 2 atom stereocenters. The minimum atomic E-state index is -3.31. The van der Waals surface area contributed by atoms with Crippen LogP contribution in [0.3, 0.4) is 0 Å². The predicted octanol–water partition coefficient (Wildman–Crippen LogP) is 2.83. The number of nitrogens with one attached hydrogen (secondary N) is 1. The summed E-state index contributed by atoms with van der Waals surface area (Å²) in [7, 11) is 0. The van der Waals surface area contributed by atoms with E-state index in [1.54, 1.807) is 0 Å². The van der Waals surface area contributed by atoms with Crippen LogP contribution in [0, 0.1) is 18.7 Å². The van der Waals surface area contributed by atoms with Crippen LogP contribution in [-0.4, -0.2) is 35.1 Å². The van der Waals surface area contributed by atoms with Gasteiger partial charge in [0.25, 0.3) is 18.4 Å². The number of rotatable bonds is 5. The zero-order chi connectivity index (χ0) is 21.9. The van der Waals surface area contributed by atoms with Gasteiger partial charge in [0.05, 0.1) is 28.2 Å². The van der Waals surface area contributed by atoms with E-state index >= 15 is 4.39 Å². The zero-order valence-electron chi connectivity index (χ0n) is 16.1. The van der Waals surface area contributed by atoms with Crippen molar-refractivity contribution in [2.75, 3.05) is 18.0 Å². The molecule has 11 heteroatoms. The van der Waals surface area contributed by atoms with Crippen molar-refractivity contribution >= 4 is 16.6 Å². The Morgan fingerprint density at radius 3 is 2.37 bits per heavy atom. The van der Waals surface area contributed by atoms with Crippen LogP contribution in [0.5, 0.6) is 0 Å². The summed E-state index contributed by atoms with van der Waals surface area (Å²) in [5.41, 5.74) is 2.58. The molecule has 4 rings (SSSR count). The molecule has 1 aliphatic heterocycles. The lowest BCUT2D eigenvalue weighted by Crippen LogP contribution is -2.38. The van der Waals surface area contributed by atoms with Gasteiger partial charge in [-0.1, -0.05) is 0 Å². The van der Waals surface area contributed by atoms with Gasteiger partial charge in [0.2, 0.25) is 0 Å². The molecule has 0 spiro atoms. The van der Waals surface area contributed by atoms with Crippen molar-refractivity contribution in [1.29, 1.82) is 0 Å². The Morgan fingerprint density at radius 2 is 1.80 bits per heavy atom. The third kappa shape index (κ3) is 3.19. The first-order valence-electron chi connectivity index (χ1n) is 9.70. The van der Waals surface area contributed by atoms with Gasteiger partial charge < -0.3 is 10.6 Å². The molecule has 2 unspecified atom stereocenters. The third-order valence-corrected chi connectivity index (χ3v) is 6.07. The molecule has 1 aromatic heterocycles. The number of hydrogen-bond acceptors (Lipinski definition) is 4. The Morgan fingerprint density at radius 1 is 1.13 bits per heavy atom. The molecule has 1 saturated heterocycles. The molecule has 2 heterocycles. The SMILES string of the molecule is Cc1c(N2CCC(C(N)C(F)F)C2)c(F)c(C(F)F)c2c(=O)[nH]c(=O)n(C3CC3)c12. The van der Waals surface area contributed by atoms with E-state index in [9.17, 15) is 27.2 Å². The lowest BCUT2D eigenvalue weighted by atomic mass is 9.99. The second-order valence-corrected chi connectivity index (χ2v) is 7.99. The minimum absolute atomic E-state index is 0.0282. The van der Waals surface area contributed by atoms with Crippen LogP contribution >= 0.6 is 0 Å². The van der Waals surface area contributed by atoms with Crippen molar-refractivity contribution in [2.24, 2.45) is 11.7 Å². The molecule has 2 aliphatic rings. The molecule has 0 radical (unpaired) electrons. The number of anilines is 1. The van der Waals surface area contributed by atoms with E-state index in [0.717, 1.165) is 0 Å². The predicted molar refractivity (Wildman–Crippen MR) is 101 cm³/mol. The molecule has 2 fully saturated rings. The number of H-pyrrole nitrogens is 1. The summed E-state index contributed by atoms with van der Waals surface area (Å²) in [5, 5.41) is -0.546. The first-order chi connectivity index (χ1) is 14.1. The number of fused-ring (bicyclic) bond motifs is 1. The van der Waals surface area contributed by atoms with E-state index in [4.69, 9.17) is 5.73 Å². The Balaban J connectivity index is 1.97. The highest BCUT2D eigenvalue weighted by atomic mass is 19.3. The fourth-order valence-corrected chi connectivity index (χ4v) is 4.45. The van der Waals surface area contributed by atoms with Gasteiger partial charge in [-0.25, -0.2) is 26.7 Å². The number of hydrogen-bond donors (Lipinski definition) is 2. The molecule has 1 aromatic carbocycles. The van der Waals surface area contributed by atoms with Crippen molar-refractivity contribution < 1.29 is 22.0 Å². The monoisotopic (exact) mass is 432 g/mol. The molecule has 30 heavy (non-hydrogen) atoms. The van der Waals surface area contributed by atoms with E-state index in [-0.39, 0.29) is 42.3 Å². The average molecular weight is 432 g/mol. The number of halogens is 5. The molecule has 0 bridgehead atoms. The first-order valence-corrected chi connectivity index (χ1v) is 9.70. The maximum absolute atomic E-state index is 15.3. The first kappa shape index (κ1) is 20.8. The lowest BCUT2D eigenvalue weighted by molar-refractivity contribution is 0.0929. The highest BCUT2D eigenvalue weighted by molar-refractivity contribution is 5.90. The number of aromatic amines is 1. The zero-order valence-corrected chi connectivity index (χ0v) is 16.1. The Kier molecular flexibility index (Phi) is 5.11. The molecular formula is C19H21F5N4O2. The highest BCUT2D eigenvalue weighted by Crippen LogP contribution is 2.43. The largest absolute Gasteiger partial charge is 0.369 e. The topological polar surface area (TPSA) is 84.1 Å². The number of aryl methyl sites for hydroxylation is 1. The maximum atomic E-state index is 15.3. The van der Waals surface area contributed by atoms with E-state index in [0.29, 0.717) is 12.8 Å². The van der Waals surface area contributed by atoms with Gasteiger partial charge in [-0.05, 0) is 32.1 Å². The Hall–Kier alpha value is -2.43. The summed E-state index contributed by atoms with van der Waals surface area (Å²) in [6.07, 6.45) is -4.55. The molecule has 164 valence electrons. The van der Waals surface area contributed by atoms with E-state index in [1.807, 2.05) is 4.98 Å². The summed E-state index contributed by atoms with van der Waals surface area (Å²) < 4.78 is 70.3. The standard InChI is InChI=1S/C19H21F5N4O2/c1-7-14-11(18(29)26-19(30)28(14)9-2-3-9)10(16(21)22)12(20)15(7)27-5-4-8(6-27)13(25)17(23)24/h8-9,13,16-17H,2-6,25H2,1H3,(H,26,29,30). The summed E-state index contributed by atoms with van der Waals surface area (Å²) in [4.78, 5) is 28.2. The summed E-state index contributed by atoms with van der Waals surface area (Å²) in [6.45, 7) is 1.57. The van der Waals surface area contributed by atoms with Crippen LogP contribution in [0.1, 0.15) is 42.9 Å². The summed E-state index contributed by atoms with van der Waals surface area (Å²) in [5.74, 6) is -1.91. The number of alkyl halides is 4. The van der Waals surface area contributed by atoms with Crippen molar-refractivity contribution in [3.05, 3.63) is 37.8 Å². The lowest BCUT2D eigenvalue weighted by Gasteiger charge is -2.26. The van der Waals surface area contributed by atoms with Gasteiger partial charge in [-0.2, -0.15) is 0 Å². The van der Waals surface area contributed by atoms with Crippen LogP contribution < -0.4 is 21.9 Å². The van der Waals surface area contributed by atoms with Gasteiger partial charge in [0.15, 0.2) is 5.82 Å². The molecule has 6 nitrogen and oxygen atoms in total. The van der Waals surface area contributed by atoms with Crippen molar-refractivity contribution in [2.45, 2.75) is 51.1 Å². The summed E-state index contributed by atoms with van der Waals surface area (Å²) >= 11 is 0. The van der Waals surface area contributed by atoms with Crippen LogP contribution in [0.2, 0.25) is 0 Å². The third-order valence-electron chi connectivity index (χ3n) is 6.07. The molecule has 1 aliphatic carbocycles. The fourth-order valence-electron chi connectivity index (χ4n) is 4.45. The molecule has 1 saturated carbocycles. The second-order valence-electron chi connectivity index (χ2n) is 7.99. The van der Waals surface area contributed by atoms with Crippen LogP contribution in [-0.2, 0) is 0 Å². The smallest absolute Gasteiger partial charge is 0.329 e. The van der Waals surface area contributed by atoms with E-state index in [1.165, 1.54) is 16.4 Å². The van der Waals surface area contributed by atoms with Gasteiger partial charge in [0.1, 0.15) is 0 Å². The number of benzene rings is 1. The average Bonchev–Trinajstić information content (AvgIpc) is 3.38. The fraction of sp³-hybridized carbons (Fsp3) is 0.579. The number of nitrogens with two attached hydrogens (primary N) is 1. The summed E-state index contributed by atoms with van der Waals surface area (Å²) in [6, 6.07) is -1.68.